The maximum atomic E-state index is 13.1. The highest BCUT2D eigenvalue weighted by molar-refractivity contribution is 6.34. The molecule has 0 saturated carbocycles. The van der Waals surface area contributed by atoms with E-state index in [1.54, 1.807) is 18.2 Å². The van der Waals surface area contributed by atoms with Gasteiger partial charge in [0.05, 0.1) is 16.1 Å². The summed E-state index contributed by atoms with van der Waals surface area (Å²) in [5.41, 5.74) is 2.54. The third-order valence-corrected chi connectivity index (χ3v) is 7.43. The van der Waals surface area contributed by atoms with Gasteiger partial charge in [-0.15, -0.1) is 0 Å². The summed E-state index contributed by atoms with van der Waals surface area (Å²) < 4.78 is 1.81. The SMILES string of the molecule is O=C1c2cccc3cccc(c23)C(=O)N1CCN1CCC(n2c(=O)[nH]c3c(Cl)cccc32)CC1. The molecule has 8 heteroatoms. The van der Waals surface area contributed by atoms with E-state index in [9.17, 15) is 14.4 Å². The molecule has 1 aromatic heterocycles. The van der Waals surface area contributed by atoms with Gasteiger partial charge in [0.15, 0.2) is 0 Å². The van der Waals surface area contributed by atoms with Gasteiger partial charge in [0.1, 0.15) is 0 Å². The lowest BCUT2D eigenvalue weighted by Crippen LogP contribution is -2.46. The van der Waals surface area contributed by atoms with Crippen LogP contribution in [0.2, 0.25) is 5.02 Å². The summed E-state index contributed by atoms with van der Waals surface area (Å²) >= 11 is 6.25. The predicted molar refractivity (Wildman–Crippen MR) is 132 cm³/mol. The van der Waals surface area contributed by atoms with E-state index in [-0.39, 0.29) is 23.5 Å². The molecular formula is C26H23ClN4O3. The third-order valence-electron chi connectivity index (χ3n) is 7.12. The molecule has 0 aliphatic carbocycles. The number of rotatable bonds is 4. The Morgan fingerprint density at radius 3 is 2.18 bits per heavy atom. The lowest BCUT2D eigenvalue weighted by molar-refractivity contribution is 0.0583. The van der Waals surface area contributed by atoms with Crippen LogP contribution < -0.4 is 5.69 Å². The van der Waals surface area contributed by atoms with Crippen molar-refractivity contribution in [1.29, 1.82) is 0 Å². The molecule has 3 aromatic carbocycles. The number of piperidine rings is 1. The summed E-state index contributed by atoms with van der Waals surface area (Å²) in [6.07, 6.45) is 1.62. The molecule has 1 N–H and O–H groups in total. The minimum absolute atomic E-state index is 0.0821. The minimum atomic E-state index is -0.230. The molecule has 2 aliphatic heterocycles. The first-order valence-electron chi connectivity index (χ1n) is 11.5. The molecule has 3 heterocycles. The fourth-order valence-electron chi connectivity index (χ4n) is 5.40. The zero-order valence-corrected chi connectivity index (χ0v) is 19.2. The zero-order chi connectivity index (χ0) is 23.4. The molecule has 0 atom stereocenters. The highest BCUT2D eigenvalue weighted by Gasteiger charge is 2.33. The molecule has 1 saturated heterocycles. The molecule has 0 radical (unpaired) electrons. The molecule has 0 bridgehead atoms. The Kier molecular flexibility index (Phi) is 5.04. The number of imide groups is 1. The average molecular weight is 475 g/mol. The number of imidazole rings is 1. The number of aromatic nitrogens is 2. The molecule has 2 amide bonds. The first-order chi connectivity index (χ1) is 16.5. The summed E-state index contributed by atoms with van der Waals surface area (Å²) in [5, 5.41) is 2.20. The molecule has 172 valence electrons. The summed E-state index contributed by atoms with van der Waals surface area (Å²) in [6, 6.07) is 16.8. The first-order valence-corrected chi connectivity index (χ1v) is 11.9. The van der Waals surface area contributed by atoms with Crippen molar-refractivity contribution in [2.45, 2.75) is 18.9 Å². The topological polar surface area (TPSA) is 78.4 Å². The van der Waals surface area contributed by atoms with Crippen molar-refractivity contribution < 1.29 is 9.59 Å². The number of fused-ring (bicyclic) bond motifs is 1. The van der Waals surface area contributed by atoms with Crippen LogP contribution in [0.25, 0.3) is 21.8 Å². The molecule has 34 heavy (non-hydrogen) atoms. The van der Waals surface area contributed by atoms with Crippen LogP contribution in [0.15, 0.2) is 59.4 Å². The number of carbonyl (C=O) groups is 2. The van der Waals surface area contributed by atoms with Crippen LogP contribution in [-0.2, 0) is 0 Å². The summed E-state index contributed by atoms with van der Waals surface area (Å²) in [7, 11) is 0. The van der Waals surface area contributed by atoms with Gasteiger partial charge < -0.3 is 9.88 Å². The number of benzene rings is 3. The van der Waals surface area contributed by atoms with Crippen molar-refractivity contribution in [1.82, 2.24) is 19.4 Å². The van der Waals surface area contributed by atoms with Crippen LogP contribution in [0.5, 0.6) is 0 Å². The van der Waals surface area contributed by atoms with Crippen molar-refractivity contribution in [3.05, 3.63) is 81.2 Å². The van der Waals surface area contributed by atoms with Crippen molar-refractivity contribution in [2.24, 2.45) is 0 Å². The third kappa shape index (κ3) is 3.27. The van der Waals surface area contributed by atoms with E-state index < -0.39 is 0 Å². The van der Waals surface area contributed by atoms with Crippen LogP contribution in [0, 0.1) is 0 Å². The number of nitrogens with one attached hydrogen (secondary N) is 1. The smallest absolute Gasteiger partial charge is 0.304 e. The lowest BCUT2D eigenvalue weighted by atomic mass is 9.94. The van der Waals surface area contributed by atoms with Crippen molar-refractivity contribution in [3.8, 4) is 0 Å². The fraction of sp³-hybridized carbons (Fsp3) is 0.269. The maximum absolute atomic E-state index is 13.1. The van der Waals surface area contributed by atoms with E-state index in [1.807, 2.05) is 41.0 Å². The number of amides is 2. The predicted octanol–water partition coefficient (Wildman–Crippen LogP) is 4.07. The lowest BCUT2D eigenvalue weighted by Gasteiger charge is -2.34. The molecule has 2 aliphatic rings. The molecule has 0 unspecified atom stereocenters. The van der Waals surface area contributed by atoms with Crippen LogP contribution >= 0.6 is 11.6 Å². The molecule has 1 fully saturated rings. The number of hydrogen-bond donors (Lipinski definition) is 1. The Morgan fingerprint density at radius 1 is 0.853 bits per heavy atom. The van der Waals surface area contributed by atoms with Crippen molar-refractivity contribution in [2.75, 3.05) is 26.2 Å². The van der Waals surface area contributed by atoms with Crippen molar-refractivity contribution in [3.63, 3.8) is 0 Å². The van der Waals surface area contributed by atoms with E-state index >= 15 is 0 Å². The van der Waals surface area contributed by atoms with Gasteiger partial charge in [0.2, 0.25) is 0 Å². The highest BCUT2D eigenvalue weighted by atomic mass is 35.5. The van der Waals surface area contributed by atoms with Gasteiger partial charge >= 0.3 is 5.69 Å². The Balaban J connectivity index is 1.15. The van der Waals surface area contributed by atoms with Crippen LogP contribution in [0.1, 0.15) is 39.6 Å². The number of hydrogen-bond acceptors (Lipinski definition) is 4. The van der Waals surface area contributed by atoms with E-state index in [1.165, 1.54) is 4.90 Å². The van der Waals surface area contributed by atoms with Gasteiger partial charge in [-0.1, -0.05) is 41.9 Å². The second-order valence-corrected chi connectivity index (χ2v) is 9.39. The minimum Gasteiger partial charge on any atom is -0.304 e. The number of likely N-dealkylation sites (tertiary alicyclic amines) is 1. The standard InChI is InChI=1S/C26H23ClN4O3/c27-20-8-3-9-21-23(20)28-26(34)31(21)17-10-12-29(13-11-17)14-15-30-24(32)18-6-1-4-16-5-2-7-19(22(16)18)25(30)33/h1-9,17H,10-15H2,(H,28,34). The number of para-hydroxylation sites is 1. The number of nitrogens with zero attached hydrogens (tertiary/aromatic N) is 3. The van der Waals surface area contributed by atoms with Crippen LogP contribution in [0.4, 0.5) is 0 Å². The molecule has 7 nitrogen and oxygen atoms in total. The van der Waals surface area contributed by atoms with Gasteiger partial charge in [-0.3, -0.25) is 19.1 Å². The summed E-state index contributed by atoms with van der Waals surface area (Å²) in [4.78, 5) is 45.3. The summed E-state index contributed by atoms with van der Waals surface area (Å²) in [6.45, 7) is 2.52. The van der Waals surface area contributed by atoms with Crippen molar-refractivity contribution >= 4 is 45.2 Å². The number of carbonyl (C=O) groups excluding carboxylic acids is 2. The van der Waals surface area contributed by atoms with Gasteiger partial charge in [0.25, 0.3) is 11.8 Å². The molecule has 0 spiro atoms. The molecular weight excluding hydrogens is 452 g/mol. The van der Waals surface area contributed by atoms with Crippen LogP contribution in [-0.4, -0.2) is 57.3 Å². The number of halogens is 1. The fourth-order valence-corrected chi connectivity index (χ4v) is 5.62. The number of H-pyrrole nitrogens is 1. The van der Waals surface area contributed by atoms with E-state index in [2.05, 4.69) is 9.88 Å². The van der Waals surface area contributed by atoms with Gasteiger partial charge in [-0.25, -0.2) is 4.79 Å². The van der Waals surface area contributed by atoms with E-state index in [0.717, 1.165) is 42.2 Å². The maximum Gasteiger partial charge on any atom is 0.326 e. The van der Waals surface area contributed by atoms with Gasteiger partial charge in [-0.05, 0) is 42.5 Å². The Hall–Kier alpha value is -3.42. The quantitative estimate of drug-likeness (QED) is 0.452. The monoisotopic (exact) mass is 474 g/mol. The first kappa shape index (κ1) is 21.1. The highest BCUT2D eigenvalue weighted by Crippen LogP contribution is 2.31. The molecule has 4 aromatic rings. The average Bonchev–Trinajstić information content (AvgIpc) is 3.20. The zero-order valence-electron chi connectivity index (χ0n) is 18.5. The van der Waals surface area contributed by atoms with Gasteiger partial charge in [0, 0.05) is 48.7 Å². The largest absolute Gasteiger partial charge is 0.326 e. The Morgan fingerprint density at radius 2 is 1.50 bits per heavy atom. The second-order valence-electron chi connectivity index (χ2n) is 8.98. The summed E-state index contributed by atoms with van der Waals surface area (Å²) in [5.74, 6) is -0.460. The Bertz CT molecular complexity index is 1460. The van der Waals surface area contributed by atoms with E-state index in [0.29, 0.717) is 34.8 Å². The second kappa shape index (κ2) is 8.11. The Labute approximate surface area is 200 Å². The normalized spacial score (nSPS) is 17.3. The molecule has 6 rings (SSSR count). The van der Waals surface area contributed by atoms with E-state index in [4.69, 9.17) is 11.6 Å². The van der Waals surface area contributed by atoms with Gasteiger partial charge in [-0.2, -0.15) is 0 Å². The van der Waals surface area contributed by atoms with Crippen LogP contribution in [0.3, 0.4) is 0 Å². The number of aromatic amines is 1.